The molecule has 1 amide bonds. The molecule has 2 rings (SSSR count). The van der Waals surface area contributed by atoms with Crippen LogP contribution in [0.2, 0.25) is 0 Å². The molecule has 3 atom stereocenters. The zero-order valence-electron chi connectivity index (χ0n) is 10.3. The highest BCUT2D eigenvalue weighted by Gasteiger charge is 2.36. The molecule has 2 fully saturated rings. The Hall–Kier alpha value is -0.570. The van der Waals surface area contributed by atoms with Gasteiger partial charge in [-0.25, -0.2) is 0 Å². The van der Waals surface area contributed by atoms with Crippen molar-refractivity contribution in [1.29, 1.82) is 0 Å². The van der Waals surface area contributed by atoms with Gasteiger partial charge in [0, 0.05) is 18.5 Å². The lowest BCUT2D eigenvalue weighted by Crippen LogP contribution is -2.29. The van der Waals surface area contributed by atoms with Crippen LogP contribution in [-0.4, -0.2) is 24.5 Å². The van der Waals surface area contributed by atoms with Crippen LogP contribution in [0.1, 0.15) is 51.9 Å². The van der Waals surface area contributed by atoms with E-state index in [1.165, 1.54) is 32.1 Å². The van der Waals surface area contributed by atoms with Crippen molar-refractivity contribution < 1.29 is 4.79 Å². The third-order valence-corrected chi connectivity index (χ3v) is 3.81. The Balaban J connectivity index is 1.55. The molecule has 0 aromatic carbocycles. The van der Waals surface area contributed by atoms with Crippen molar-refractivity contribution in [2.75, 3.05) is 6.54 Å². The Labute approximate surface area is 98.4 Å². The predicted octanol–water partition coefficient (Wildman–Crippen LogP) is 1.82. The maximum Gasteiger partial charge on any atom is 0.220 e. The van der Waals surface area contributed by atoms with Gasteiger partial charge >= 0.3 is 0 Å². The van der Waals surface area contributed by atoms with Gasteiger partial charge in [0.15, 0.2) is 0 Å². The lowest BCUT2D eigenvalue weighted by atomic mass is 10.1. The summed E-state index contributed by atoms with van der Waals surface area (Å²) < 4.78 is 0. The Kier molecular flexibility index (Phi) is 4.22. The molecular weight excluding hydrogens is 200 g/mol. The number of hydrogen-bond acceptors (Lipinski definition) is 2. The second-order valence-corrected chi connectivity index (χ2v) is 5.29. The normalized spacial score (nSPS) is 32.7. The molecular formula is C13H24N2O. The van der Waals surface area contributed by atoms with E-state index < -0.39 is 0 Å². The molecule has 3 heteroatoms. The smallest absolute Gasteiger partial charge is 0.220 e. The van der Waals surface area contributed by atoms with E-state index in [2.05, 4.69) is 17.6 Å². The first-order valence-corrected chi connectivity index (χ1v) is 6.82. The van der Waals surface area contributed by atoms with Gasteiger partial charge in [0.25, 0.3) is 0 Å². The quantitative estimate of drug-likeness (QED) is 0.722. The summed E-state index contributed by atoms with van der Waals surface area (Å²) in [6, 6.07) is 1.10. The lowest BCUT2D eigenvalue weighted by Gasteiger charge is -2.09. The van der Waals surface area contributed by atoms with Crippen LogP contribution in [0.25, 0.3) is 0 Å². The number of amides is 1. The molecule has 3 unspecified atom stereocenters. The second-order valence-electron chi connectivity index (χ2n) is 5.29. The minimum absolute atomic E-state index is 0.261. The number of carbonyl (C=O) groups is 1. The first kappa shape index (κ1) is 11.9. The van der Waals surface area contributed by atoms with Crippen LogP contribution in [-0.2, 0) is 4.79 Å². The van der Waals surface area contributed by atoms with Crippen molar-refractivity contribution in [1.82, 2.24) is 10.6 Å². The molecule has 0 bridgehead atoms. The van der Waals surface area contributed by atoms with E-state index in [-0.39, 0.29) is 5.91 Å². The molecule has 1 aliphatic carbocycles. The van der Waals surface area contributed by atoms with Gasteiger partial charge in [0.1, 0.15) is 0 Å². The number of hydrogen-bond donors (Lipinski definition) is 2. The number of rotatable bonds is 6. The largest absolute Gasteiger partial charge is 0.353 e. The highest BCUT2D eigenvalue weighted by molar-refractivity contribution is 5.76. The van der Waals surface area contributed by atoms with Crippen LogP contribution in [0.15, 0.2) is 0 Å². The van der Waals surface area contributed by atoms with Crippen molar-refractivity contribution in [2.24, 2.45) is 5.92 Å². The van der Waals surface area contributed by atoms with E-state index >= 15 is 0 Å². The Morgan fingerprint density at radius 2 is 2.31 bits per heavy atom. The molecule has 0 radical (unpaired) electrons. The summed E-state index contributed by atoms with van der Waals surface area (Å²) in [6.07, 6.45) is 7.95. The zero-order chi connectivity index (χ0) is 11.4. The van der Waals surface area contributed by atoms with Crippen LogP contribution in [0.5, 0.6) is 0 Å². The summed E-state index contributed by atoms with van der Waals surface area (Å²) >= 11 is 0. The summed E-state index contributed by atoms with van der Waals surface area (Å²) in [5.41, 5.74) is 0. The fraction of sp³-hybridized carbons (Fsp3) is 0.923. The topological polar surface area (TPSA) is 41.1 Å². The van der Waals surface area contributed by atoms with Crippen LogP contribution in [0, 0.1) is 5.92 Å². The van der Waals surface area contributed by atoms with Gasteiger partial charge in [0.05, 0.1) is 0 Å². The Morgan fingerprint density at radius 1 is 1.44 bits per heavy atom. The van der Waals surface area contributed by atoms with Crippen molar-refractivity contribution in [2.45, 2.75) is 64.0 Å². The molecule has 3 nitrogen and oxygen atoms in total. The minimum Gasteiger partial charge on any atom is -0.353 e. The van der Waals surface area contributed by atoms with Gasteiger partial charge in [-0.2, -0.15) is 0 Å². The molecule has 0 aromatic heterocycles. The zero-order valence-corrected chi connectivity index (χ0v) is 10.3. The maximum absolute atomic E-state index is 11.7. The molecule has 1 saturated heterocycles. The summed E-state index contributed by atoms with van der Waals surface area (Å²) in [6.45, 7) is 3.34. The second kappa shape index (κ2) is 5.67. The Morgan fingerprint density at radius 3 is 3.00 bits per heavy atom. The van der Waals surface area contributed by atoms with Gasteiger partial charge in [-0.1, -0.05) is 13.3 Å². The van der Waals surface area contributed by atoms with E-state index in [0.29, 0.717) is 18.5 Å². The van der Waals surface area contributed by atoms with Gasteiger partial charge in [-0.05, 0) is 44.6 Å². The van der Waals surface area contributed by atoms with Crippen LogP contribution < -0.4 is 10.6 Å². The summed E-state index contributed by atoms with van der Waals surface area (Å²) in [7, 11) is 0. The Bertz CT molecular complexity index is 236. The fourth-order valence-corrected chi connectivity index (χ4v) is 2.70. The fourth-order valence-electron chi connectivity index (χ4n) is 2.70. The average molecular weight is 224 g/mol. The van der Waals surface area contributed by atoms with Crippen molar-refractivity contribution >= 4 is 5.91 Å². The first-order valence-electron chi connectivity index (χ1n) is 6.82. The van der Waals surface area contributed by atoms with Gasteiger partial charge < -0.3 is 10.6 Å². The first-order chi connectivity index (χ1) is 7.79. The van der Waals surface area contributed by atoms with E-state index in [1.54, 1.807) is 0 Å². The lowest BCUT2D eigenvalue weighted by molar-refractivity contribution is -0.121. The standard InChI is InChI=1S/C13H24N2O/c1-2-4-10-9-12(10)15-13(16)7-6-11-5-3-8-14-11/h10-12,14H,2-9H2,1H3,(H,15,16). The van der Waals surface area contributed by atoms with Crippen LogP contribution >= 0.6 is 0 Å². The average Bonchev–Trinajstić information content (AvgIpc) is 2.82. The summed E-state index contributed by atoms with van der Waals surface area (Å²) in [5.74, 6) is 1.04. The SMILES string of the molecule is CCCC1CC1NC(=O)CCC1CCCN1. The van der Waals surface area contributed by atoms with E-state index in [4.69, 9.17) is 0 Å². The van der Waals surface area contributed by atoms with E-state index in [0.717, 1.165) is 18.9 Å². The molecule has 92 valence electrons. The van der Waals surface area contributed by atoms with Gasteiger partial charge in [-0.15, -0.1) is 0 Å². The molecule has 1 heterocycles. The summed E-state index contributed by atoms with van der Waals surface area (Å²) in [4.78, 5) is 11.7. The maximum atomic E-state index is 11.7. The molecule has 1 aliphatic heterocycles. The summed E-state index contributed by atoms with van der Waals surface area (Å²) in [5, 5.41) is 6.58. The van der Waals surface area contributed by atoms with E-state index in [9.17, 15) is 4.79 Å². The van der Waals surface area contributed by atoms with Gasteiger partial charge in [0.2, 0.25) is 5.91 Å². The highest BCUT2D eigenvalue weighted by atomic mass is 16.1. The molecule has 2 aliphatic rings. The van der Waals surface area contributed by atoms with Crippen molar-refractivity contribution in [3.63, 3.8) is 0 Å². The van der Waals surface area contributed by atoms with E-state index in [1.807, 2.05) is 0 Å². The predicted molar refractivity (Wildman–Crippen MR) is 65.2 cm³/mol. The molecule has 0 aromatic rings. The molecule has 1 saturated carbocycles. The third-order valence-electron chi connectivity index (χ3n) is 3.81. The van der Waals surface area contributed by atoms with Crippen molar-refractivity contribution in [3.8, 4) is 0 Å². The molecule has 2 N–H and O–H groups in total. The number of carbonyl (C=O) groups excluding carboxylic acids is 1. The highest BCUT2D eigenvalue weighted by Crippen LogP contribution is 2.34. The van der Waals surface area contributed by atoms with Crippen molar-refractivity contribution in [3.05, 3.63) is 0 Å². The number of nitrogens with one attached hydrogen (secondary N) is 2. The van der Waals surface area contributed by atoms with Crippen LogP contribution in [0.3, 0.4) is 0 Å². The third kappa shape index (κ3) is 3.48. The molecule has 0 spiro atoms. The van der Waals surface area contributed by atoms with Crippen LogP contribution in [0.4, 0.5) is 0 Å². The van der Waals surface area contributed by atoms with Gasteiger partial charge in [-0.3, -0.25) is 4.79 Å². The molecule has 16 heavy (non-hydrogen) atoms. The monoisotopic (exact) mass is 224 g/mol. The minimum atomic E-state index is 0.261.